The molecule has 0 bridgehead atoms. The number of amides is 1. The number of anilines is 1. The molecule has 1 aliphatic rings. The van der Waals surface area contributed by atoms with Gasteiger partial charge in [-0.3, -0.25) is 4.79 Å². The summed E-state index contributed by atoms with van der Waals surface area (Å²) in [6.07, 6.45) is 0. The van der Waals surface area contributed by atoms with Crippen molar-refractivity contribution in [2.45, 2.75) is 13.0 Å². The Labute approximate surface area is 161 Å². The molecule has 1 heterocycles. The lowest BCUT2D eigenvalue weighted by Crippen LogP contribution is -3.15. The molecule has 1 saturated heterocycles. The van der Waals surface area contributed by atoms with Crippen LogP contribution in [0.2, 0.25) is 0 Å². The summed E-state index contributed by atoms with van der Waals surface area (Å²) in [7, 11) is 4.09. The van der Waals surface area contributed by atoms with E-state index in [0.717, 1.165) is 37.4 Å². The fraction of sp³-hybridized carbons (Fsp3) is 0.409. The Kier molecular flexibility index (Phi) is 6.48. The molecule has 2 N–H and O–H groups in total. The lowest BCUT2D eigenvalue weighted by atomic mass is 10.0. The average Bonchev–Trinajstić information content (AvgIpc) is 2.69. The molecular formula is C22H30N3O2+. The first-order valence-electron chi connectivity index (χ1n) is 9.59. The third kappa shape index (κ3) is 4.87. The monoisotopic (exact) mass is 368 g/mol. The highest BCUT2D eigenvalue weighted by atomic mass is 16.5. The molecule has 0 radical (unpaired) electrons. The smallest absolute Gasteiger partial charge is 0.251 e. The second-order valence-corrected chi connectivity index (χ2v) is 7.33. The quantitative estimate of drug-likeness (QED) is 0.811. The van der Waals surface area contributed by atoms with Gasteiger partial charge in [0.25, 0.3) is 5.91 Å². The predicted octanol–water partition coefficient (Wildman–Crippen LogP) is 1.45. The van der Waals surface area contributed by atoms with Gasteiger partial charge in [0, 0.05) is 30.9 Å². The van der Waals surface area contributed by atoms with E-state index in [-0.39, 0.29) is 11.9 Å². The standard InChI is InChI=1S/C22H29N3O2/c1-17-6-4-5-7-20(17)22(26)23-16-21(25-12-14-27-15-13-25)18-8-10-19(11-9-18)24(2)3/h4-11,21H,12-16H2,1-3H3,(H,23,26)/p+1/t21-/m0/s1. The van der Waals surface area contributed by atoms with E-state index in [0.29, 0.717) is 6.54 Å². The third-order valence-corrected chi connectivity index (χ3v) is 5.30. The maximum atomic E-state index is 12.7. The van der Waals surface area contributed by atoms with Crippen molar-refractivity contribution in [1.82, 2.24) is 5.32 Å². The average molecular weight is 369 g/mol. The number of morpholine rings is 1. The summed E-state index contributed by atoms with van der Waals surface area (Å²) in [6, 6.07) is 16.6. The van der Waals surface area contributed by atoms with Crippen LogP contribution >= 0.6 is 0 Å². The highest BCUT2D eigenvalue weighted by Crippen LogP contribution is 2.17. The highest BCUT2D eigenvalue weighted by Gasteiger charge is 2.27. The van der Waals surface area contributed by atoms with E-state index in [9.17, 15) is 4.79 Å². The summed E-state index contributed by atoms with van der Waals surface area (Å²) in [5.74, 6) is -0.00401. The van der Waals surface area contributed by atoms with Crippen LogP contribution < -0.4 is 15.1 Å². The lowest BCUT2D eigenvalue weighted by Gasteiger charge is -2.32. The summed E-state index contributed by atoms with van der Waals surface area (Å²) < 4.78 is 5.53. The van der Waals surface area contributed by atoms with E-state index in [4.69, 9.17) is 4.74 Å². The number of quaternary nitrogens is 1. The fourth-order valence-electron chi connectivity index (χ4n) is 3.60. The molecule has 0 spiro atoms. The van der Waals surface area contributed by atoms with Gasteiger partial charge in [0.15, 0.2) is 0 Å². The predicted molar refractivity (Wildman–Crippen MR) is 109 cm³/mol. The molecule has 0 unspecified atom stereocenters. The molecule has 0 aromatic heterocycles. The van der Waals surface area contributed by atoms with Gasteiger partial charge < -0.3 is 19.9 Å². The second kappa shape index (κ2) is 9.02. The Morgan fingerprint density at radius 1 is 1.11 bits per heavy atom. The van der Waals surface area contributed by atoms with Gasteiger partial charge in [0.1, 0.15) is 19.1 Å². The molecule has 1 atom stereocenters. The first-order valence-corrected chi connectivity index (χ1v) is 9.59. The highest BCUT2D eigenvalue weighted by molar-refractivity contribution is 5.95. The summed E-state index contributed by atoms with van der Waals surface area (Å²) in [4.78, 5) is 16.2. The van der Waals surface area contributed by atoms with Crippen LogP contribution in [0.1, 0.15) is 27.5 Å². The first kappa shape index (κ1) is 19.4. The van der Waals surface area contributed by atoms with Crippen LogP contribution in [0.25, 0.3) is 0 Å². The number of ether oxygens (including phenoxy) is 1. The van der Waals surface area contributed by atoms with E-state index in [1.807, 2.05) is 45.3 Å². The number of hydrogen-bond acceptors (Lipinski definition) is 3. The van der Waals surface area contributed by atoms with E-state index in [1.165, 1.54) is 16.2 Å². The summed E-state index contributed by atoms with van der Waals surface area (Å²) in [5, 5.41) is 3.16. The topological polar surface area (TPSA) is 46.0 Å². The van der Waals surface area contributed by atoms with Crippen molar-refractivity contribution in [3.8, 4) is 0 Å². The van der Waals surface area contributed by atoms with Crippen molar-refractivity contribution in [3.05, 3.63) is 65.2 Å². The molecule has 1 fully saturated rings. The number of nitrogens with zero attached hydrogens (tertiary/aromatic N) is 1. The molecule has 1 aliphatic heterocycles. The van der Waals surface area contributed by atoms with Gasteiger partial charge >= 0.3 is 0 Å². The van der Waals surface area contributed by atoms with Gasteiger partial charge in [-0.1, -0.05) is 30.3 Å². The molecule has 5 heteroatoms. The Morgan fingerprint density at radius 2 is 1.78 bits per heavy atom. The molecule has 3 rings (SSSR count). The molecule has 0 aliphatic carbocycles. The van der Waals surface area contributed by atoms with Crippen LogP contribution in [0.5, 0.6) is 0 Å². The van der Waals surface area contributed by atoms with Crippen LogP contribution in [0.15, 0.2) is 48.5 Å². The van der Waals surface area contributed by atoms with Crippen molar-refractivity contribution >= 4 is 11.6 Å². The second-order valence-electron chi connectivity index (χ2n) is 7.33. The van der Waals surface area contributed by atoms with Gasteiger partial charge in [-0.05, 0) is 30.7 Å². The molecule has 1 amide bonds. The van der Waals surface area contributed by atoms with Gasteiger partial charge in [-0.25, -0.2) is 0 Å². The minimum atomic E-state index is -0.00401. The SMILES string of the molecule is Cc1ccccc1C(=O)NC[C@@H](c1ccc(N(C)C)cc1)[NH+]1CCOCC1. The Balaban J connectivity index is 1.75. The molecule has 0 saturated carbocycles. The van der Waals surface area contributed by atoms with Crippen molar-refractivity contribution in [2.75, 3.05) is 51.8 Å². The van der Waals surface area contributed by atoms with Crippen LogP contribution in [-0.4, -0.2) is 52.9 Å². The van der Waals surface area contributed by atoms with Gasteiger partial charge in [0.05, 0.1) is 19.8 Å². The normalized spacial score (nSPS) is 16.0. The van der Waals surface area contributed by atoms with Gasteiger partial charge in [0.2, 0.25) is 0 Å². The Hall–Kier alpha value is -2.37. The number of carbonyl (C=O) groups excluding carboxylic acids is 1. The van der Waals surface area contributed by atoms with Crippen molar-refractivity contribution in [2.24, 2.45) is 0 Å². The first-order chi connectivity index (χ1) is 13.1. The molecule has 2 aromatic rings. The van der Waals surface area contributed by atoms with Crippen molar-refractivity contribution in [3.63, 3.8) is 0 Å². The van der Waals surface area contributed by atoms with Crippen molar-refractivity contribution < 1.29 is 14.4 Å². The molecule has 2 aromatic carbocycles. The maximum Gasteiger partial charge on any atom is 0.251 e. The van der Waals surface area contributed by atoms with Crippen molar-refractivity contribution in [1.29, 1.82) is 0 Å². The summed E-state index contributed by atoms with van der Waals surface area (Å²) in [6.45, 7) is 6.05. The van der Waals surface area contributed by atoms with E-state index in [2.05, 4.69) is 34.5 Å². The van der Waals surface area contributed by atoms with Gasteiger partial charge in [-0.15, -0.1) is 0 Å². The van der Waals surface area contributed by atoms with Gasteiger partial charge in [-0.2, -0.15) is 0 Å². The number of carbonyl (C=O) groups is 1. The Bertz CT molecular complexity index is 752. The van der Waals surface area contributed by atoms with Crippen LogP contribution in [0.4, 0.5) is 5.69 Å². The zero-order chi connectivity index (χ0) is 19.2. The molecule has 27 heavy (non-hydrogen) atoms. The largest absolute Gasteiger partial charge is 0.378 e. The molecular weight excluding hydrogens is 338 g/mol. The summed E-state index contributed by atoms with van der Waals surface area (Å²) in [5.41, 5.74) is 4.18. The number of nitrogens with one attached hydrogen (secondary N) is 2. The number of hydrogen-bond donors (Lipinski definition) is 2. The van der Waals surface area contributed by atoms with Crippen LogP contribution in [-0.2, 0) is 4.74 Å². The zero-order valence-corrected chi connectivity index (χ0v) is 16.5. The Morgan fingerprint density at radius 3 is 2.41 bits per heavy atom. The minimum Gasteiger partial charge on any atom is -0.378 e. The van der Waals surface area contributed by atoms with E-state index in [1.54, 1.807) is 0 Å². The summed E-state index contributed by atoms with van der Waals surface area (Å²) >= 11 is 0. The fourth-order valence-corrected chi connectivity index (χ4v) is 3.60. The third-order valence-electron chi connectivity index (χ3n) is 5.30. The minimum absolute atomic E-state index is 0.00401. The van der Waals surface area contributed by atoms with E-state index < -0.39 is 0 Å². The van der Waals surface area contributed by atoms with Crippen LogP contribution in [0.3, 0.4) is 0 Å². The molecule has 5 nitrogen and oxygen atoms in total. The number of benzene rings is 2. The van der Waals surface area contributed by atoms with E-state index >= 15 is 0 Å². The molecule has 144 valence electrons. The van der Waals surface area contributed by atoms with Crippen LogP contribution in [0, 0.1) is 6.92 Å². The number of aryl methyl sites for hydroxylation is 1. The zero-order valence-electron chi connectivity index (χ0n) is 16.5. The maximum absolute atomic E-state index is 12.7. The number of rotatable bonds is 6. The lowest BCUT2D eigenvalue weighted by molar-refractivity contribution is -0.937.